The number of benzene rings is 2. The van der Waals surface area contributed by atoms with E-state index in [9.17, 15) is 4.79 Å². The molecule has 0 radical (unpaired) electrons. The lowest BCUT2D eigenvalue weighted by molar-refractivity contribution is 0.102. The normalized spacial score (nSPS) is 12.7. The average Bonchev–Trinajstić information content (AvgIpc) is 2.62. The fraction of sp³-hybridized carbons (Fsp3) is 0.350. The average molecular weight is 325 g/mol. The van der Waals surface area contributed by atoms with Gasteiger partial charge in [-0.1, -0.05) is 31.9 Å². The number of ether oxygens (including phenoxy) is 2. The van der Waals surface area contributed by atoms with Gasteiger partial charge in [-0.05, 0) is 42.7 Å². The summed E-state index contributed by atoms with van der Waals surface area (Å²) in [5.74, 6) is 1.27. The molecule has 0 spiro atoms. The Morgan fingerprint density at radius 2 is 1.75 bits per heavy atom. The Bertz CT molecular complexity index is 695. The minimum atomic E-state index is -0.119. The molecule has 0 aliphatic carbocycles. The first kappa shape index (κ1) is 16.4. The van der Waals surface area contributed by atoms with Gasteiger partial charge < -0.3 is 14.8 Å². The van der Waals surface area contributed by atoms with Crippen molar-refractivity contribution < 1.29 is 14.3 Å². The third kappa shape index (κ3) is 4.07. The van der Waals surface area contributed by atoms with Crippen LogP contribution >= 0.6 is 0 Å². The summed E-state index contributed by atoms with van der Waals surface area (Å²) in [5.41, 5.74) is 2.64. The fourth-order valence-electron chi connectivity index (χ4n) is 2.73. The molecule has 0 atom stereocenters. The van der Waals surface area contributed by atoms with Crippen LogP contribution in [0.1, 0.15) is 42.1 Å². The molecule has 2 aromatic carbocycles. The topological polar surface area (TPSA) is 47.6 Å². The number of rotatable bonds is 6. The van der Waals surface area contributed by atoms with Crippen molar-refractivity contribution in [3.8, 4) is 11.5 Å². The lowest BCUT2D eigenvalue weighted by atomic mass is 10.1. The molecule has 1 heterocycles. The van der Waals surface area contributed by atoms with Crippen LogP contribution in [0.3, 0.4) is 0 Å². The van der Waals surface area contributed by atoms with Gasteiger partial charge in [0.2, 0.25) is 0 Å². The van der Waals surface area contributed by atoms with Crippen molar-refractivity contribution in [3.63, 3.8) is 0 Å². The van der Waals surface area contributed by atoms with Gasteiger partial charge in [-0.3, -0.25) is 4.79 Å². The maximum Gasteiger partial charge on any atom is 0.255 e. The third-order valence-electron chi connectivity index (χ3n) is 4.09. The maximum absolute atomic E-state index is 12.4. The summed E-state index contributed by atoms with van der Waals surface area (Å²) in [7, 11) is 0. The van der Waals surface area contributed by atoms with Crippen LogP contribution in [-0.4, -0.2) is 19.1 Å². The van der Waals surface area contributed by atoms with Gasteiger partial charge in [0.1, 0.15) is 13.2 Å². The molecule has 3 rings (SSSR count). The molecule has 1 aliphatic heterocycles. The second-order valence-corrected chi connectivity index (χ2v) is 5.97. The van der Waals surface area contributed by atoms with E-state index in [0.717, 1.165) is 12.2 Å². The number of anilines is 1. The van der Waals surface area contributed by atoms with Crippen LogP contribution in [0.4, 0.5) is 5.69 Å². The second-order valence-electron chi connectivity index (χ2n) is 5.97. The molecule has 24 heavy (non-hydrogen) atoms. The zero-order chi connectivity index (χ0) is 16.8. The number of amides is 1. The number of nitrogens with one attached hydrogen (secondary N) is 1. The molecule has 0 unspecified atom stereocenters. The molecular formula is C20H23NO3. The van der Waals surface area contributed by atoms with Gasteiger partial charge >= 0.3 is 0 Å². The second kappa shape index (κ2) is 7.86. The first-order valence-electron chi connectivity index (χ1n) is 8.56. The molecule has 0 saturated heterocycles. The minimum absolute atomic E-state index is 0.119. The Labute approximate surface area is 142 Å². The van der Waals surface area contributed by atoms with E-state index in [1.54, 1.807) is 6.07 Å². The summed E-state index contributed by atoms with van der Waals surface area (Å²) < 4.78 is 11.0. The highest BCUT2D eigenvalue weighted by Crippen LogP contribution is 2.32. The van der Waals surface area contributed by atoms with Gasteiger partial charge in [0.25, 0.3) is 5.91 Å². The smallest absolute Gasteiger partial charge is 0.255 e. The van der Waals surface area contributed by atoms with E-state index in [1.165, 1.54) is 24.8 Å². The van der Waals surface area contributed by atoms with Crippen LogP contribution in [-0.2, 0) is 6.42 Å². The Morgan fingerprint density at radius 1 is 1.00 bits per heavy atom. The standard InChI is InChI=1S/C20H23NO3/c1-2-3-4-5-15-6-8-16(9-7-15)20(22)21-17-10-11-18-19(14-17)24-13-12-23-18/h6-11,14H,2-5,12-13H2,1H3,(H,21,22). The zero-order valence-corrected chi connectivity index (χ0v) is 14.0. The summed E-state index contributed by atoms with van der Waals surface area (Å²) in [6, 6.07) is 13.3. The maximum atomic E-state index is 12.4. The quantitative estimate of drug-likeness (QED) is 0.799. The monoisotopic (exact) mass is 325 g/mol. The van der Waals surface area contributed by atoms with E-state index >= 15 is 0 Å². The number of carbonyl (C=O) groups excluding carboxylic acids is 1. The first-order chi connectivity index (χ1) is 11.8. The molecule has 1 aliphatic rings. The zero-order valence-electron chi connectivity index (χ0n) is 14.0. The molecule has 4 heteroatoms. The molecule has 0 aromatic heterocycles. The van der Waals surface area contributed by atoms with Gasteiger partial charge in [0.15, 0.2) is 11.5 Å². The number of unbranched alkanes of at least 4 members (excludes halogenated alkanes) is 2. The van der Waals surface area contributed by atoms with Crippen molar-refractivity contribution in [1.82, 2.24) is 0 Å². The number of aryl methyl sites for hydroxylation is 1. The number of fused-ring (bicyclic) bond motifs is 1. The number of hydrogen-bond acceptors (Lipinski definition) is 3. The van der Waals surface area contributed by atoms with Gasteiger partial charge in [0.05, 0.1) is 0 Å². The SMILES string of the molecule is CCCCCc1ccc(C(=O)Nc2ccc3c(c2)OCCO3)cc1. The molecule has 2 aromatic rings. The highest BCUT2D eigenvalue weighted by molar-refractivity contribution is 6.04. The first-order valence-corrected chi connectivity index (χ1v) is 8.56. The molecule has 0 bridgehead atoms. The predicted octanol–water partition coefficient (Wildman–Crippen LogP) is 4.44. The van der Waals surface area contributed by atoms with Crippen LogP contribution in [0.25, 0.3) is 0 Å². The van der Waals surface area contributed by atoms with Crippen LogP contribution in [0, 0.1) is 0 Å². The Morgan fingerprint density at radius 3 is 2.50 bits per heavy atom. The number of hydrogen-bond donors (Lipinski definition) is 1. The van der Waals surface area contributed by atoms with Crippen molar-refractivity contribution in [2.75, 3.05) is 18.5 Å². The fourth-order valence-corrected chi connectivity index (χ4v) is 2.73. The van der Waals surface area contributed by atoms with Crippen LogP contribution in [0.2, 0.25) is 0 Å². The summed E-state index contributed by atoms with van der Waals surface area (Å²) in [5, 5.41) is 2.91. The van der Waals surface area contributed by atoms with Crippen LogP contribution < -0.4 is 14.8 Å². The van der Waals surface area contributed by atoms with Crippen molar-refractivity contribution in [2.45, 2.75) is 32.6 Å². The highest BCUT2D eigenvalue weighted by Gasteiger charge is 2.13. The van der Waals surface area contributed by atoms with E-state index in [1.807, 2.05) is 36.4 Å². The largest absolute Gasteiger partial charge is 0.486 e. The third-order valence-corrected chi connectivity index (χ3v) is 4.09. The van der Waals surface area contributed by atoms with E-state index in [4.69, 9.17) is 9.47 Å². The molecule has 0 saturated carbocycles. The summed E-state index contributed by atoms with van der Waals surface area (Å²) in [4.78, 5) is 12.4. The Balaban J connectivity index is 1.62. The number of carbonyl (C=O) groups is 1. The van der Waals surface area contributed by atoms with Gasteiger partial charge in [-0.25, -0.2) is 0 Å². The van der Waals surface area contributed by atoms with E-state index in [2.05, 4.69) is 12.2 Å². The highest BCUT2D eigenvalue weighted by atomic mass is 16.6. The molecular weight excluding hydrogens is 302 g/mol. The molecule has 126 valence electrons. The minimum Gasteiger partial charge on any atom is -0.486 e. The lowest BCUT2D eigenvalue weighted by Gasteiger charge is -2.19. The van der Waals surface area contributed by atoms with Crippen molar-refractivity contribution >= 4 is 11.6 Å². The summed E-state index contributed by atoms with van der Waals surface area (Å²) in [6.07, 6.45) is 4.72. The van der Waals surface area contributed by atoms with Crippen LogP contribution in [0.5, 0.6) is 11.5 Å². The lowest BCUT2D eigenvalue weighted by Crippen LogP contribution is -2.16. The van der Waals surface area contributed by atoms with E-state index < -0.39 is 0 Å². The Hall–Kier alpha value is -2.49. The van der Waals surface area contributed by atoms with Gasteiger partial charge in [-0.2, -0.15) is 0 Å². The van der Waals surface area contributed by atoms with Crippen molar-refractivity contribution in [2.24, 2.45) is 0 Å². The van der Waals surface area contributed by atoms with Crippen molar-refractivity contribution in [1.29, 1.82) is 0 Å². The Kier molecular flexibility index (Phi) is 5.36. The molecule has 0 fully saturated rings. The van der Waals surface area contributed by atoms with Crippen molar-refractivity contribution in [3.05, 3.63) is 53.6 Å². The summed E-state index contributed by atoms with van der Waals surface area (Å²) >= 11 is 0. The van der Waals surface area contributed by atoms with Gasteiger partial charge in [0, 0.05) is 17.3 Å². The predicted molar refractivity (Wildman–Crippen MR) is 95.1 cm³/mol. The van der Waals surface area contributed by atoms with Gasteiger partial charge in [-0.15, -0.1) is 0 Å². The molecule has 1 amide bonds. The molecule has 4 nitrogen and oxygen atoms in total. The van der Waals surface area contributed by atoms with Crippen LogP contribution in [0.15, 0.2) is 42.5 Å². The summed E-state index contributed by atoms with van der Waals surface area (Å²) in [6.45, 7) is 3.29. The van der Waals surface area contributed by atoms with E-state index in [0.29, 0.717) is 30.2 Å². The van der Waals surface area contributed by atoms with E-state index in [-0.39, 0.29) is 5.91 Å². The molecule has 1 N–H and O–H groups in total.